The smallest absolute Gasteiger partial charge is 0.351 e. The molecule has 0 saturated heterocycles. The molecule has 0 aromatic carbocycles. The normalized spacial score (nSPS) is 17.5. The van der Waals surface area contributed by atoms with Crippen LogP contribution in [0.15, 0.2) is 16.8 Å². The van der Waals surface area contributed by atoms with Gasteiger partial charge < -0.3 is 10.6 Å². The topological polar surface area (TPSA) is 58.2 Å². The van der Waals surface area contributed by atoms with Crippen LogP contribution in [0.2, 0.25) is 0 Å². The SMILES string of the molecule is O=C(CCNC(=O)c1ccsc1)NC1(C(F)(F)F)CCCCC1. The summed E-state index contributed by atoms with van der Waals surface area (Å²) >= 11 is 1.37. The molecule has 1 aliphatic carbocycles. The summed E-state index contributed by atoms with van der Waals surface area (Å²) in [6.45, 7) is 0.00838. The number of hydrogen-bond donors (Lipinski definition) is 2. The van der Waals surface area contributed by atoms with E-state index in [1.807, 2.05) is 0 Å². The zero-order chi connectivity index (χ0) is 16.9. The van der Waals surface area contributed by atoms with Crippen molar-refractivity contribution in [3.63, 3.8) is 0 Å². The third-order valence-corrected chi connectivity index (χ3v) is 4.73. The van der Waals surface area contributed by atoms with Crippen LogP contribution in [0, 0.1) is 0 Å². The van der Waals surface area contributed by atoms with Gasteiger partial charge in [-0.15, -0.1) is 0 Å². The second-order valence-electron chi connectivity index (χ2n) is 5.71. The molecule has 2 rings (SSSR count). The van der Waals surface area contributed by atoms with Crippen LogP contribution in [0.1, 0.15) is 48.9 Å². The van der Waals surface area contributed by atoms with Crippen molar-refractivity contribution in [2.75, 3.05) is 6.54 Å². The zero-order valence-corrected chi connectivity index (χ0v) is 13.4. The molecule has 128 valence electrons. The first-order valence-electron chi connectivity index (χ1n) is 7.52. The predicted octanol–water partition coefficient (Wildman–Crippen LogP) is 3.25. The number of thiophene rings is 1. The Morgan fingerprint density at radius 1 is 1.22 bits per heavy atom. The largest absolute Gasteiger partial charge is 0.411 e. The van der Waals surface area contributed by atoms with Gasteiger partial charge in [0, 0.05) is 23.9 Å². The molecule has 8 heteroatoms. The van der Waals surface area contributed by atoms with Crippen molar-refractivity contribution in [1.82, 2.24) is 10.6 Å². The lowest BCUT2D eigenvalue weighted by atomic mass is 9.81. The molecule has 1 heterocycles. The Hall–Kier alpha value is -1.57. The number of hydrogen-bond acceptors (Lipinski definition) is 3. The Morgan fingerprint density at radius 3 is 2.48 bits per heavy atom. The molecule has 0 spiro atoms. The highest BCUT2D eigenvalue weighted by molar-refractivity contribution is 7.08. The molecule has 0 radical (unpaired) electrons. The van der Waals surface area contributed by atoms with Gasteiger partial charge in [0.2, 0.25) is 5.91 Å². The first-order valence-corrected chi connectivity index (χ1v) is 8.46. The fourth-order valence-corrected chi connectivity index (χ4v) is 3.39. The molecule has 0 bridgehead atoms. The summed E-state index contributed by atoms with van der Waals surface area (Å²) in [4.78, 5) is 23.6. The van der Waals surface area contributed by atoms with Gasteiger partial charge in [-0.05, 0) is 24.3 Å². The molecule has 0 aliphatic heterocycles. The summed E-state index contributed by atoms with van der Waals surface area (Å²) in [5.74, 6) is -1.02. The van der Waals surface area contributed by atoms with E-state index in [-0.39, 0.29) is 31.7 Å². The maximum Gasteiger partial charge on any atom is 0.411 e. The summed E-state index contributed by atoms with van der Waals surface area (Å²) in [7, 11) is 0. The van der Waals surface area contributed by atoms with Crippen molar-refractivity contribution in [3.8, 4) is 0 Å². The minimum absolute atomic E-state index is 0.00838. The van der Waals surface area contributed by atoms with Gasteiger partial charge in [-0.25, -0.2) is 0 Å². The molecular weight excluding hydrogens is 329 g/mol. The monoisotopic (exact) mass is 348 g/mol. The molecule has 2 amide bonds. The average Bonchev–Trinajstić information content (AvgIpc) is 3.01. The third kappa shape index (κ3) is 4.46. The highest BCUT2D eigenvalue weighted by Crippen LogP contribution is 2.41. The Morgan fingerprint density at radius 2 is 1.91 bits per heavy atom. The van der Waals surface area contributed by atoms with E-state index in [1.54, 1.807) is 16.8 Å². The summed E-state index contributed by atoms with van der Waals surface area (Å²) in [5.41, 5.74) is -1.63. The summed E-state index contributed by atoms with van der Waals surface area (Å²) in [6.07, 6.45) is -3.13. The molecule has 23 heavy (non-hydrogen) atoms. The lowest BCUT2D eigenvalue weighted by molar-refractivity contribution is -0.206. The van der Waals surface area contributed by atoms with Crippen LogP contribution in [-0.2, 0) is 4.79 Å². The van der Waals surface area contributed by atoms with Gasteiger partial charge in [0.1, 0.15) is 5.54 Å². The molecular formula is C15H19F3N2O2S. The molecule has 1 aliphatic rings. The summed E-state index contributed by atoms with van der Waals surface area (Å²) in [5, 5.41) is 8.11. The van der Waals surface area contributed by atoms with Crippen LogP contribution < -0.4 is 10.6 Å². The van der Waals surface area contributed by atoms with Crippen LogP contribution in [0.25, 0.3) is 0 Å². The molecule has 1 aromatic rings. The number of nitrogens with one attached hydrogen (secondary N) is 2. The second-order valence-corrected chi connectivity index (χ2v) is 6.49. The molecule has 0 unspecified atom stereocenters. The Labute approximate surface area is 136 Å². The van der Waals surface area contributed by atoms with E-state index in [2.05, 4.69) is 10.6 Å². The highest BCUT2D eigenvalue weighted by atomic mass is 32.1. The Bertz CT molecular complexity index is 537. The van der Waals surface area contributed by atoms with E-state index in [4.69, 9.17) is 0 Å². The summed E-state index contributed by atoms with van der Waals surface area (Å²) in [6, 6.07) is 1.64. The van der Waals surface area contributed by atoms with Crippen molar-refractivity contribution in [2.24, 2.45) is 0 Å². The summed E-state index contributed by atoms with van der Waals surface area (Å²) < 4.78 is 39.9. The van der Waals surface area contributed by atoms with Crippen molar-refractivity contribution < 1.29 is 22.8 Å². The molecule has 1 saturated carbocycles. The van der Waals surface area contributed by atoms with Gasteiger partial charge in [-0.1, -0.05) is 19.3 Å². The van der Waals surface area contributed by atoms with Crippen LogP contribution in [-0.4, -0.2) is 30.1 Å². The van der Waals surface area contributed by atoms with E-state index in [0.29, 0.717) is 18.4 Å². The first kappa shape index (κ1) is 17.8. The van der Waals surface area contributed by atoms with E-state index >= 15 is 0 Å². The first-order chi connectivity index (χ1) is 10.8. The highest BCUT2D eigenvalue weighted by Gasteiger charge is 2.55. The maximum absolute atomic E-state index is 13.3. The number of carbonyl (C=O) groups is 2. The molecule has 0 atom stereocenters. The van der Waals surface area contributed by atoms with Crippen molar-refractivity contribution >= 4 is 23.2 Å². The van der Waals surface area contributed by atoms with E-state index in [0.717, 1.165) is 6.42 Å². The lowest BCUT2D eigenvalue weighted by Crippen LogP contribution is -2.59. The van der Waals surface area contributed by atoms with E-state index < -0.39 is 17.6 Å². The Balaban J connectivity index is 1.84. The molecule has 1 fully saturated rings. The number of carbonyl (C=O) groups excluding carboxylic acids is 2. The minimum Gasteiger partial charge on any atom is -0.351 e. The minimum atomic E-state index is -4.46. The number of alkyl halides is 3. The van der Waals surface area contributed by atoms with Crippen molar-refractivity contribution in [2.45, 2.75) is 50.2 Å². The van der Waals surface area contributed by atoms with Crippen LogP contribution >= 0.6 is 11.3 Å². The number of halogens is 3. The Kier molecular flexibility index (Phi) is 5.67. The molecule has 4 nitrogen and oxygen atoms in total. The fraction of sp³-hybridized carbons (Fsp3) is 0.600. The molecule has 2 N–H and O–H groups in total. The zero-order valence-electron chi connectivity index (χ0n) is 12.5. The second kappa shape index (κ2) is 7.33. The van der Waals surface area contributed by atoms with Crippen LogP contribution in [0.4, 0.5) is 13.2 Å². The molecule has 1 aromatic heterocycles. The third-order valence-electron chi connectivity index (χ3n) is 4.05. The quantitative estimate of drug-likeness (QED) is 0.858. The number of rotatable bonds is 5. The fourth-order valence-electron chi connectivity index (χ4n) is 2.75. The van der Waals surface area contributed by atoms with Crippen LogP contribution in [0.3, 0.4) is 0 Å². The van der Waals surface area contributed by atoms with Gasteiger partial charge in [0.25, 0.3) is 5.91 Å². The average molecular weight is 348 g/mol. The van der Waals surface area contributed by atoms with Gasteiger partial charge in [0.05, 0.1) is 0 Å². The van der Waals surface area contributed by atoms with E-state index in [1.165, 1.54) is 11.3 Å². The lowest BCUT2D eigenvalue weighted by Gasteiger charge is -2.39. The predicted molar refractivity (Wildman–Crippen MR) is 81.3 cm³/mol. The van der Waals surface area contributed by atoms with Crippen molar-refractivity contribution in [1.29, 1.82) is 0 Å². The standard InChI is InChI=1S/C15H19F3N2O2S/c16-15(17,18)14(6-2-1-3-7-14)20-12(21)4-8-19-13(22)11-5-9-23-10-11/h5,9-10H,1-4,6-8H2,(H,19,22)(H,20,21). The van der Waals surface area contributed by atoms with Gasteiger partial charge in [-0.2, -0.15) is 24.5 Å². The van der Waals surface area contributed by atoms with Gasteiger partial charge in [0.15, 0.2) is 0 Å². The van der Waals surface area contributed by atoms with Gasteiger partial charge in [-0.3, -0.25) is 9.59 Å². The van der Waals surface area contributed by atoms with Crippen molar-refractivity contribution in [3.05, 3.63) is 22.4 Å². The van der Waals surface area contributed by atoms with Gasteiger partial charge >= 0.3 is 6.18 Å². The van der Waals surface area contributed by atoms with E-state index in [9.17, 15) is 22.8 Å². The van der Waals surface area contributed by atoms with Crippen LogP contribution in [0.5, 0.6) is 0 Å². The number of amides is 2. The maximum atomic E-state index is 13.3.